The maximum absolute atomic E-state index is 9.96. The van der Waals surface area contributed by atoms with Crippen molar-refractivity contribution in [1.29, 1.82) is 0 Å². The maximum atomic E-state index is 9.96. The number of hydrogen-bond donors (Lipinski definition) is 2. The Morgan fingerprint density at radius 2 is 2.00 bits per heavy atom. The standard InChI is InChI=1S/C14H21NO2/c1-17-11-7-8-12(13(16)9-11)14(15)10-5-3-2-4-6-10/h7-10,14,16H,2-6,15H2,1H3/t14-/m1/s1. The second-order valence-corrected chi connectivity index (χ2v) is 4.85. The third-order valence-electron chi connectivity index (χ3n) is 3.75. The second-order valence-electron chi connectivity index (χ2n) is 4.85. The number of benzene rings is 1. The highest BCUT2D eigenvalue weighted by Gasteiger charge is 2.23. The molecule has 1 aromatic carbocycles. The molecule has 0 radical (unpaired) electrons. The molecule has 0 amide bonds. The molecule has 0 aliphatic heterocycles. The van der Waals surface area contributed by atoms with E-state index < -0.39 is 0 Å². The fourth-order valence-electron chi connectivity index (χ4n) is 2.68. The van der Waals surface area contributed by atoms with E-state index in [1.54, 1.807) is 13.2 Å². The Bertz CT molecular complexity index is 372. The van der Waals surface area contributed by atoms with Gasteiger partial charge in [-0.05, 0) is 24.8 Å². The van der Waals surface area contributed by atoms with Gasteiger partial charge in [-0.15, -0.1) is 0 Å². The van der Waals surface area contributed by atoms with Crippen LogP contribution < -0.4 is 10.5 Å². The smallest absolute Gasteiger partial charge is 0.124 e. The van der Waals surface area contributed by atoms with Gasteiger partial charge in [0.2, 0.25) is 0 Å². The van der Waals surface area contributed by atoms with Crippen LogP contribution in [0.15, 0.2) is 18.2 Å². The number of ether oxygens (including phenoxy) is 1. The van der Waals surface area contributed by atoms with Gasteiger partial charge in [0.15, 0.2) is 0 Å². The molecule has 1 atom stereocenters. The number of phenolic OH excluding ortho intramolecular Hbond substituents is 1. The molecular formula is C14H21NO2. The van der Waals surface area contributed by atoms with Crippen molar-refractivity contribution in [1.82, 2.24) is 0 Å². The third kappa shape index (κ3) is 2.72. The number of hydrogen-bond acceptors (Lipinski definition) is 3. The van der Waals surface area contributed by atoms with Crippen LogP contribution in [0.1, 0.15) is 43.7 Å². The Labute approximate surface area is 103 Å². The Hall–Kier alpha value is -1.22. The molecule has 17 heavy (non-hydrogen) atoms. The summed E-state index contributed by atoms with van der Waals surface area (Å²) in [5, 5.41) is 9.96. The van der Waals surface area contributed by atoms with Crippen LogP contribution in [-0.4, -0.2) is 12.2 Å². The average Bonchev–Trinajstić information content (AvgIpc) is 2.39. The fourth-order valence-corrected chi connectivity index (χ4v) is 2.68. The lowest BCUT2D eigenvalue weighted by molar-refractivity contribution is 0.302. The normalized spacial score (nSPS) is 18.9. The third-order valence-corrected chi connectivity index (χ3v) is 3.75. The van der Waals surface area contributed by atoms with Crippen LogP contribution in [-0.2, 0) is 0 Å². The highest BCUT2D eigenvalue weighted by atomic mass is 16.5. The molecule has 0 saturated heterocycles. The van der Waals surface area contributed by atoms with Crippen molar-refractivity contribution in [2.24, 2.45) is 11.7 Å². The minimum absolute atomic E-state index is 0.0544. The van der Waals surface area contributed by atoms with Gasteiger partial charge in [-0.25, -0.2) is 0 Å². The summed E-state index contributed by atoms with van der Waals surface area (Å²) in [5.74, 6) is 1.42. The van der Waals surface area contributed by atoms with Gasteiger partial charge in [-0.3, -0.25) is 0 Å². The lowest BCUT2D eigenvalue weighted by Gasteiger charge is -2.28. The van der Waals surface area contributed by atoms with Gasteiger partial charge in [-0.1, -0.05) is 25.3 Å². The second kappa shape index (κ2) is 5.41. The molecule has 3 N–H and O–H groups in total. The Morgan fingerprint density at radius 1 is 1.29 bits per heavy atom. The van der Waals surface area contributed by atoms with Gasteiger partial charge >= 0.3 is 0 Å². The molecular weight excluding hydrogens is 214 g/mol. The van der Waals surface area contributed by atoms with E-state index in [9.17, 15) is 5.11 Å². The molecule has 1 aliphatic carbocycles. The summed E-state index contributed by atoms with van der Waals surface area (Å²) in [4.78, 5) is 0. The van der Waals surface area contributed by atoms with Gasteiger partial charge in [0, 0.05) is 17.7 Å². The SMILES string of the molecule is COc1ccc([C@H](N)C2CCCCC2)c(O)c1. The van der Waals surface area contributed by atoms with Crippen LogP contribution in [0.5, 0.6) is 11.5 Å². The van der Waals surface area contributed by atoms with Gasteiger partial charge < -0.3 is 15.6 Å². The highest BCUT2D eigenvalue weighted by Crippen LogP contribution is 2.37. The first-order chi connectivity index (χ1) is 8.22. The lowest BCUT2D eigenvalue weighted by Crippen LogP contribution is -2.23. The lowest BCUT2D eigenvalue weighted by atomic mass is 9.81. The number of nitrogens with two attached hydrogens (primary N) is 1. The summed E-state index contributed by atoms with van der Waals surface area (Å²) < 4.78 is 5.07. The largest absolute Gasteiger partial charge is 0.507 e. The van der Waals surface area contributed by atoms with Crippen LogP contribution in [0.3, 0.4) is 0 Å². The first kappa shape index (κ1) is 12.2. The van der Waals surface area contributed by atoms with Gasteiger partial charge in [0.05, 0.1) is 7.11 Å². The Morgan fingerprint density at radius 3 is 2.59 bits per heavy atom. The molecule has 3 heteroatoms. The van der Waals surface area contributed by atoms with E-state index in [4.69, 9.17) is 10.5 Å². The first-order valence-corrected chi connectivity index (χ1v) is 6.35. The molecule has 0 aromatic heterocycles. The number of phenols is 1. The average molecular weight is 235 g/mol. The monoisotopic (exact) mass is 235 g/mol. The summed E-state index contributed by atoms with van der Waals surface area (Å²) >= 11 is 0. The predicted molar refractivity (Wildman–Crippen MR) is 68.2 cm³/mol. The molecule has 3 nitrogen and oxygen atoms in total. The van der Waals surface area contributed by atoms with Crippen molar-refractivity contribution in [2.45, 2.75) is 38.1 Å². The van der Waals surface area contributed by atoms with Crippen molar-refractivity contribution in [3.8, 4) is 11.5 Å². The fraction of sp³-hybridized carbons (Fsp3) is 0.571. The number of methoxy groups -OCH3 is 1. The molecule has 1 aliphatic rings. The van der Waals surface area contributed by atoms with Gasteiger partial charge in [0.25, 0.3) is 0 Å². The van der Waals surface area contributed by atoms with Gasteiger partial charge in [-0.2, -0.15) is 0 Å². The van der Waals surface area contributed by atoms with Crippen LogP contribution in [0.2, 0.25) is 0 Å². The molecule has 0 spiro atoms. The maximum Gasteiger partial charge on any atom is 0.124 e. The van der Waals surface area contributed by atoms with E-state index >= 15 is 0 Å². The Kier molecular flexibility index (Phi) is 3.89. The zero-order valence-electron chi connectivity index (χ0n) is 10.4. The quantitative estimate of drug-likeness (QED) is 0.846. The van der Waals surface area contributed by atoms with Crippen LogP contribution in [0, 0.1) is 5.92 Å². The van der Waals surface area contributed by atoms with Crippen molar-refractivity contribution in [3.05, 3.63) is 23.8 Å². The minimum atomic E-state index is -0.0544. The minimum Gasteiger partial charge on any atom is -0.507 e. The van der Waals surface area contributed by atoms with E-state index in [2.05, 4.69) is 0 Å². The van der Waals surface area contributed by atoms with E-state index in [1.165, 1.54) is 32.1 Å². The topological polar surface area (TPSA) is 55.5 Å². The summed E-state index contributed by atoms with van der Waals surface area (Å²) in [6.45, 7) is 0. The van der Waals surface area contributed by atoms with Crippen LogP contribution in [0.4, 0.5) is 0 Å². The molecule has 0 unspecified atom stereocenters. The molecule has 1 saturated carbocycles. The summed E-state index contributed by atoms with van der Waals surface area (Å²) in [7, 11) is 1.59. The highest BCUT2D eigenvalue weighted by molar-refractivity contribution is 5.41. The number of rotatable bonds is 3. The van der Waals surface area contributed by atoms with E-state index in [-0.39, 0.29) is 11.8 Å². The van der Waals surface area contributed by atoms with Gasteiger partial charge in [0.1, 0.15) is 11.5 Å². The molecule has 1 fully saturated rings. The zero-order chi connectivity index (χ0) is 12.3. The van der Waals surface area contributed by atoms with Crippen LogP contribution >= 0.6 is 0 Å². The summed E-state index contributed by atoms with van der Waals surface area (Å²) in [6.07, 6.45) is 6.18. The molecule has 1 aromatic rings. The molecule has 94 valence electrons. The summed E-state index contributed by atoms with van der Waals surface area (Å²) in [6, 6.07) is 5.32. The predicted octanol–water partition coefficient (Wildman–Crippen LogP) is 2.98. The van der Waals surface area contributed by atoms with Crippen molar-refractivity contribution >= 4 is 0 Å². The number of aromatic hydroxyl groups is 1. The van der Waals surface area contributed by atoms with E-state index in [0.29, 0.717) is 11.7 Å². The van der Waals surface area contributed by atoms with Crippen molar-refractivity contribution in [3.63, 3.8) is 0 Å². The van der Waals surface area contributed by atoms with E-state index in [1.807, 2.05) is 12.1 Å². The molecule has 0 heterocycles. The summed E-state index contributed by atoms with van der Waals surface area (Å²) in [5.41, 5.74) is 7.11. The van der Waals surface area contributed by atoms with Crippen molar-refractivity contribution in [2.75, 3.05) is 7.11 Å². The van der Waals surface area contributed by atoms with Crippen molar-refractivity contribution < 1.29 is 9.84 Å². The Balaban J connectivity index is 2.15. The zero-order valence-corrected chi connectivity index (χ0v) is 10.4. The van der Waals surface area contributed by atoms with E-state index in [0.717, 1.165) is 5.56 Å². The first-order valence-electron chi connectivity index (χ1n) is 6.35. The van der Waals surface area contributed by atoms with Crippen LogP contribution in [0.25, 0.3) is 0 Å². The molecule has 2 rings (SSSR count). The molecule has 0 bridgehead atoms.